The fourth-order valence-electron chi connectivity index (χ4n) is 5.15. The molecule has 0 aromatic carbocycles. The van der Waals surface area contributed by atoms with Crippen molar-refractivity contribution < 1.29 is 85.4 Å². The minimum absolute atomic E-state index is 0. The van der Waals surface area contributed by atoms with Crippen molar-refractivity contribution in [1.82, 2.24) is 69.8 Å². The number of imidazole rings is 7. The smallest absolute Gasteiger partial charge is 0.323 e. The average Bonchev–Trinajstić information content (AvgIpc) is 4.26. The molecule has 0 radical (unpaired) electrons. The third-order valence-electron chi connectivity index (χ3n) is 9.29. The summed E-state index contributed by atoms with van der Waals surface area (Å²) in [6.45, 7) is 0. The molecule has 0 spiro atoms. The molecule has 33 N–H and O–H groups in total. The normalized spacial score (nSPS) is 11.6. The van der Waals surface area contributed by atoms with Crippen LogP contribution in [-0.2, 0) is 83.2 Å². The molecule has 86 heavy (non-hydrogen) atoms. The van der Waals surface area contributed by atoms with Crippen LogP contribution in [0.3, 0.4) is 0 Å². The van der Waals surface area contributed by atoms with Crippen molar-refractivity contribution in [2.75, 3.05) is 7.11 Å². The number of carbonyl (C=O) groups excluding carboxylic acids is 1. The van der Waals surface area contributed by atoms with E-state index in [4.69, 9.17) is 70.8 Å². The maximum absolute atomic E-state index is 10.9. The molecule has 0 fully saturated rings. The van der Waals surface area contributed by atoms with E-state index < -0.39 is 84.1 Å². The second-order valence-corrected chi connectivity index (χ2v) is 15.7. The molecule has 43 heteroatoms. The molecular weight excluding hydrogens is 1260 g/mol. The number of aromatic nitrogens is 14. The number of H-pyrrole nitrogens is 7. The number of ether oxygens (including phenoxy) is 1. The van der Waals surface area contributed by atoms with Crippen molar-refractivity contribution in [2.45, 2.75) is 87.2 Å². The number of nitrogens with zero attached hydrogens (tertiary/aromatic N) is 7. The number of nitrogens with two attached hydrogens (primary N) is 7. The topological polar surface area (TPSA) is 728 Å². The van der Waals surface area contributed by atoms with Crippen molar-refractivity contribution in [3.63, 3.8) is 0 Å². The summed E-state index contributed by atoms with van der Waals surface area (Å²) >= 11 is 0. The number of carboxylic acids is 6. The maximum Gasteiger partial charge on any atom is 0.323 e. The number of nitrogens with one attached hydrogen (secondary N) is 7. The largest absolute Gasteiger partial charge is 0.480 e. The zero-order valence-electron chi connectivity index (χ0n) is 45.2. The van der Waals surface area contributed by atoms with Gasteiger partial charge in [-0.1, -0.05) is 0 Å². The first kappa shape index (κ1) is 94.2. The van der Waals surface area contributed by atoms with E-state index in [0.29, 0.717) is 40.6 Å². The van der Waals surface area contributed by atoms with Crippen LogP contribution in [0.1, 0.15) is 39.9 Å². The summed E-state index contributed by atoms with van der Waals surface area (Å²) in [5.41, 5.74) is 41.8. The third-order valence-corrected chi connectivity index (χ3v) is 9.29. The van der Waals surface area contributed by atoms with Gasteiger partial charge in [-0.3, -0.25) is 33.6 Å². The number of aromatic amines is 7. The van der Waals surface area contributed by atoms with Gasteiger partial charge in [0.25, 0.3) is 0 Å². The Balaban J connectivity index is -0.000000135. The molecule has 0 aliphatic rings. The van der Waals surface area contributed by atoms with Crippen LogP contribution in [0.5, 0.6) is 0 Å². The molecule has 490 valence electrons. The molecule has 7 atom stereocenters. The predicted molar refractivity (Wildman–Crippen MR) is 317 cm³/mol. The number of carboxylic acid groups (broad SMARTS) is 6. The van der Waals surface area contributed by atoms with Gasteiger partial charge in [0.05, 0.1) is 91.3 Å². The molecule has 0 aliphatic heterocycles. The molecule has 0 bridgehead atoms. The lowest BCUT2D eigenvalue weighted by molar-refractivity contribution is -0.142. The molecule has 0 amide bonds. The van der Waals surface area contributed by atoms with Gasteiger partial charge < -0.3 is 127 Å². The maximum atomic E-state index is 10.9. The first-order valence-electron chi connectivity index (χ1n) is 22.5. The van der Waals surface area contributed by atoms with Gasteiger partial charge in [-0.15, -0.1) is 62.0 Å². The molecular formula is C43H76Cl5N21O17. The summed E-state index contributed by atoms with van der Waals surface area (Å²) in [6.07, 6.45) is 23.9. The number of hydrogen-bond acceptors (Lipinski definition) is 22. The summed E-state index contributed by atoms with van der Waals surface area (Å²) in [7, 11) is 1.31. The first-order chi connectivity index (χ1) is 36.9. The van der Waals surface area contributed by atoms with Crippen LogP contribution in [0, 0.1) is 0 Å². The van der Waals surface area contributed by atoms with E-state index in [1.54, 1.807) is 49.7 Å². The van der Waals surface area contributed by atoms with Gasteiger partial charge >= 0.3 is 41.8 Å². The van der Waals surface area contributed by atoms with E-state index in [-0.39, 0.29) is 117 Å². The van der Waals surface area contributed by atoms with Crippen LogP contribution in [-0.4, -0.2) is 208 Å². The Hall–Kier alpha value is -8.19. The first-order valence-corrected chi connectivity index (χ1v) is 22.5. The van der Waals surface area contributed by atoms with Gasteiger partial charge in [0, 0.05) is 88.3 Å². The molecule has 0 aliphatic carbocycles. The lowest BCUT2D eigenvalue weighted by atomic mass is 10.2. The highest BCUT2D eigenvalue weighted by Gasteiger charge is 2.17. The van der Waals surface area contributed by atoms with Gasteiger partial charge in [-0.05, 0) is 0 Å². The van der Waals surface area contributed by atoms with Crippen LogP contribution >= 0.6 is 62.0 Å². The van der Waals surface area contributed by atoms with Crippen LogP contribution in [0.2, 0.25) is 0 Å². The fourth-order valence-corrected chi connectivity index (χ4v) is 5.15. The van der Waals surface area contributed by atoms with Crippen molar-refractivity contribution >= 4 is 104 Å². The Morgan fingerprint density at radius 2 is 0.453 bits per heavy atom. The average molecular weight is 1340 g/mol. The Bertz CT molecular complexity index is 2300. The summed E-state index contributed by atoms with van der Waals surface area (Å²) in [6, 6.07) is -5.80. The summed E-state index contributed by atoms with van der Waals surface area (Å²) < 4.78 is 4.46. The van der Waals surface area contributed by atoms with E-state index >= 15 is 0 Å². The number of rotatable bonds is 21. The fraction of sp³-hybridized carbons (Fsp3) is 0.349. The Kier molecular flexibility index (Phi) is 58.6. The number of hydrogen-bond donors (Lipinski definition) is 20. The summed E-state index contributed by atoms with van der Waals surface area (Å²) in [5.74, 6) is -6.46. The number of halogens is 5. The molecule has 0 saturated carbocycles. The minimum Gasteiger partial charge on any atom is -0.480 e. The standard InChI is InChI=1S/C7H11N3O2.6C6H9N3O2.5ClH.3H2O/c1-12-7(11)6(8)2-5-3-9-4-10-5;6*7-5(6(10)11)1-4-2-8-3-9-4;;;;;;;;/h3-4,6H,2,8H2,1H3,(H,9,10);6*2-3,5H,1,7H2,(H,8,9)(H,10,11);5*1H;3*1H2/t6-;4*5-;;;;;;;;;;/m01100........../s1. The molecule has 7 rings (SSSR count). The van der Waals surface area contributed by atoms with E-state index in [0.717, 1.165) is 5.69 Å². The highest BCUT2D eigenvalue weighted by atomic mass is 35.5. The number of aliphatic carboxylic acids is 6. The summed E-state index contributed by atoms with van der Waals surface area (Å²) in [4.78, 5) is 118. The van der Waals surface area contributed by atoms with Crippen LogP contribution in [0.15, 0.2) is 87.7 Å². The lowest BCUT2D eigenvalue weighted by Gasteiger charge is -2.05. The van der Waals surface area contributed by atoms with Gasteiger partial charge in [-0.25, -0.2) is 34.9 Å². The second-order valence-electron chi connectivity index (χ2n) is 15.7. The third kappa shape index (κ3) is 43.5. The van der Waals surface area contributed by atoms with E-state index in [2.05, 4.69) is 74.5 Å². The SMILES string of the molecule is COC(=O)[C@@H](N)Cc1c[nH]cn1.Cl.Cl.Cl.Cl.Cl.NC(Cc1c[nH]cn1)C(=O)O.NC(Cc1c[nH]cn1)C(=O)O.N[C@@H](Cc1c[nH]cn1)C(=O)O.N[C@@H](Cc1c[nH]cn1)C(=O)O.N[C@H](Cc1c[nH]cn1)C(=O)O.N[C@H](Cc1c[nH]cn1)C(=O)O.O.O.O. The monoisotopic (exact) mass is 1330 g/mol. The Morgan fingerprint density at radius 3 is 0.547 bits per heavy atom. The van der Waals surface area contributed by atoms with Gasteiger partial charge in [-0.2, -0.15) is 0 Å². The van der Waals surface area contributed by atoms with Gasteiger partial charge in [0.2, 0.25) is 0 Å². The molecule has 2 unspecified atom stereocenters. The Labute approximate surface area is 518 Å². The van der Waals surface area contributed by atoms with Crippen LogP contribution < -0.4 is 40.1 Å². The lowest BCUT2D eigenvalue weighted by Crippen LogP contribution is -2.33. The van der Waals surface area contributed by atoms with Crippen molar-refractivity contribution in [3.05, 3.63) is 128 Å². The van der Waals surface area contributed by atoms with Gasteiger partial charge in [0.15, 0.2) is 0 Å². The van der Waals surface area contributed by atoms with E-state index in [9.17, 15) is 33.6 Å². The molecule has 7 aromatic heterocycles. The number of methoxy groups -OCH3 is 1. The quantitative estimate of drug-likeness (QED) is 0.0301. The van der Waals surface area contributed by atoms with Crippen molar-refractivity contribution in [1.29, 1.82) is 0 Å². The van der Waals surface area contributed by atoms with E-state index in [1.807, 2.05) is 0 Å². The zero-order chi connectivity index (χ0) is 58.6. The number of esters is 1. The summed E-state index contributed by atoms with van der Waals surface area (Å²) in [5, 5.41) is 50.5. The minimum atomic E-state index is -1.01. The predicted octanol–water partition coefficient (Wildman–Crippen LogP) is -4.73. The zero-order valence-corrected chi connectivity index (χ0v) is 49.3. The Morgan fingerprint density at radius 1 is 0.326 bits per heavy atom. The van der Waals surface area contributed by atoms with Crippen molar-refractivity contribution in [2.24, 2.45) is 40.1 Å². The highest BCUT2D eigenvalue weighted by molar-refractivity contribution is 5.86. The second kappa shape index (κ2) is 53.5. The molecule has 38 nitrogen and oxygen atoms in total. The molecule has 7 heterocycles. The molecule has 0 saturated heterocycles. The van der Waals surface area contributed by atoms with Gasteiger partial charge in [0.1, 0.15) is 42.3 Å². The number of carbonyl (C=O) groups is 7. The van der Waals surface area contributed by atoms with Crippen molar-refractivity contribution in [3.8, 4) is 0 Å². The highest BCUT2D eigenvalue weighted by Crippen LogP contribution is 2.01. The molecule has 7 aromatic rings. The van der Waals surface area contributed by atoms with E-state index in [1.165, 1.54) is 45.1 Å². The van der Waals surface area contributed by atoms with Crippen LogP contribution in [0.4, 0.5) is 0 Å². The van der Waals surface area contributed by atoms with Crippen LogP contribution in [0.25, 0.3) is 0 Å².